The second kappa shape index (κ2) is 10.6. The number of hydrogen-bond donors (Lipinski definition) is 2. The van der Waals surface area contributed by atoms with Gasteiger partial charge in [0.15, 0.2) is 6.10 Å². The second-order valence-electron chi connectivity index (χ2n) is 10.2. The number of hydrogen-bond acceptors (Lipinski definition) is 7. The Kier molecular flexibility index (Phi) is 7.66. The number of rotatable bonds is 8. The molecule has 2 N–H and O–H groups in total. The van der Waals surface area contributed by atoms with E-state index in [1.807, 2.05) is 59.7 Å². The summed E-state index contributed by atoms with van der Waals surface area (Å²) in [5.41, 5.74) is 6.51. The van der Waals surface area contributed by atoms with Gasteiger partial charge in [-0.3, -0.25) is 0 Å². The largest absolute Gasteiger partial charge is 0.493 e. The van der Waals surface area contributed by atoms with Gasteiger partial charge in [0.1, 0.15) is 11.5 Å². The van der Waals surface area contributed by atoms with Gasteiger partial charge in [0.25, 0.3) is 0 Å². The van der Waals surface area contributed by atoms with Gasteiger partial charge in [0.2, 0.25) is 0 Å². The summed E-state index contributed by atoms with van der Waals surface area (Å²) in [6.07, 6.45) is 0.780. The third kappa shape index (κ3) is 5.87. The van der Waals surface area contributed by atoms with Crippen molar-refractivity contribution in [1.82, 2.24) is 5.16 Å². The Morgan fingerprint density at radius 3 is 2.67 bits per heavy atom. The molecule has 0 aliphatic carbocycles. The molecule has 8 heteroatoms. The first kappa shape index (κ1) is 26.1. The van der Waals surface area contributed by atoms with Gasteiger partial charge in [0, 0.05) is 17.3 Å². The Morgan fingerprint density at radius 1 is 1.22 bits per heavy atom. The lowest BCUT2D eigenvalue weighted by Crippen LogP contribution is -2.28. The van der Waals surface area contributed by atoms with E-state index in [9.17, 15) is 9.90 Å². The smallest absolute Gasteiger partial charge is 0.337 e. The van der Waals surface area contributed by atoms with Crippen molar-refractivity contribution in [2.24, 2.45) is 0 Å². The summed E-state index contributed by atoms with van der Waals surface area (Å²) in [5.74, 6) is 1.26. The molecule has 1 unspecified atom stereocenters. The molecule has 2 aromatic carbocycles. The minimum atomic E-state index is -1.13. The molecule has 0 fully saturated rings. The van der Waals surface area contributed by atoms with Gasteiger partial charge in [-0.15, -0.1) is 0 Å². The van der Waals surface area contributed by atoms with Gasteiger partial charge in [-0.2, -0.15) is 0 Å². The van der Waals surface area contributed by atoms with Crippen LogP contribution in [-0.4, -0.2) is 28.4 Å². The van der Waals surface area contributed by atoms with E-state index in [0.29, 0.717) is 11.3 Å². The molecular weight excluding hydrogens is 476 g/mol. The van der Waals surface area contributed by atoms with Crippen LogP contribution in [0.5, 0.6) is 5.75 Å². The molecular formula is C28H34N2O5S. The van der Waals surface area contributed by atoms with E-state index < -0.39 is 17.7 Å². The monoisotopic (exact) mass is 510 g/mol. The fourth-order valence-electron chi connectivity index (χ4n) is 4.53. The van der Waals surface area contributed by atoms with Crippen LogP contribution in [0.25, 0.3) is 11.1 Å². The zero-order valence-corrected chi connectivity index (χ0v) is 22.5. The first-order valence-corrected chi connectivity index (χ1v) is 13.1. The standard InChI is InChI=1S/C28H34N2O5S/c1-16-12-22(30-36-15-21-13-17(2)35-29-21)18(3)25(26(27(31)32)34-28(4,5)6)24(16)20-9-10-23-19(14-20)8-7-11-33-23/h9-10,12-14,26,30H,7-8,11,15H2,1-6H3,(H,31,32). The summed E-state index contributed by atoms with van der Waals surface area (Å²) in [6, 6.07) is 10.1. The average Bonchev–Trinajstić information content (AvgIpc) is 3.23. The molecule has 0 spiro atoms. The SMILES string of the molecule is Cc1cc(CSNc2cc(C)c(-c3ccc4c(c3)CCCO4)c(C(OC(C)(C)C)C(=O)O)c2C)no1. The summed E-state index contributed by atoms with van der Waals surface area (Å²) in [6.45, 7) is 12.2. The van der Waals surface area contributed by atoms with Crippen molar-refractivity contribution >= 4 is 23.6 Å². The Bertz CT molecular complexity index is 1260. The second-order valence-corrected chi connectivity index (χ2v) is 11.0. The van der Waals surface area contributed by atoms with Gasteiger partial charge in [-0.1, -0.05) is 11.2 Å². The van der Waals surface area contributed by atoms with E-state index in [-0.39, 0.29) is 0 Å². The van der Waals surface area contributed by atoms with Crippen LogP contribution in [0.4, 0.5) is 5.69 Å². The van der Waals surface area contributed by atoms with E-state index in [2.05, 4.69) is 22.0 Å². The summed E-state index contributed by atoms with van der Waals surface area (Å²) < 4.78 is 20.5. The van der Waals surface area contributed by atoms with Crippen molar-refractivity contribution in [3.05, 3.63) is 64.0 Å². The highest BCUT2D eigenvalue weighted by Crippen LogP contribution is 2.42. The third-order valence-electron chi connectivity index (χ3n) is 6.07. The lowest BCUT2D eigenvalue weighted by atomic mass is 9.86. The van der Waals surface area contributed by atoms with Crippen LogP contribution in [0.1, 0.15) is 67.0 Å². The van der Waals surface area contributed by atoms with Gasteiger partial charge in [-0.25, -0.2) is 4.79 Å². The summed E-state index contributed by atoms with van der Waals surface area (Å²) in [5, 5.41) is 14.3. The van der Waals surface area contributed by atoms with E-state index in [1.165, 1.54) is 11.9 Å². The lowest BCUT2D eigenvalue weighted by Gasteiger charge is -2.30. The number of anilines is 1. The maximum Gasteiger partial charge on any atom is 0.337 e. The minimum absolute atomic E-state index is 0.610. The van der Waals surface area contributed by atoms with Crippen LogP contribution < -0.4 is 9.46 Å². The lowest BCUT2D eigenvalue weighted by molar-refractivity contribution is -0.160. The van der Waals surface area contributed by atoms with E-state index in [4.69, 9.17) is 14.0 Å². The normalized spacial score (nSPS) is 14.2. The van der Waals surface area contributed by atoms with Crippen molar-refractivity contribution in [1.29, 1.82) is 0 Å². The Morgan fingerprint density at radius 2 is 2.00 bits per heavy atom. The van der Waals surface area contributed by atoms with Crippen molar-refractivity contribution in [3.63, 3.8) is 0 Å². The van der Waals surface area contributed by atoms with Gasteiger partial charge in [-0.05, 0) is 112 Å². The Balaban J connectivity index is 1.79. The van der Waals surface area contributed by atoms with E-state index in [0.717, 1.165) is 70.2 Å². The molecule has 36 heavy (non-hydrogen) atoms. The van der Waals surface area contributed by atoms with Crippen molar-refractivity contribution < 1.29 is 23.9 Å². The number of aromatic nitrogens is 1. The predicted molar refractivity (Wildman–Crippen MR) is 143 cm³/mol. The number of carbonyl (C=O) groups is 1. The molecule has 1 aromatic heterocycles. The van der Waals surface area contributed by atoms with Crippen LogP contribution in [0.3, 0.4) is 0 Å². The minimum Gasteiger partial charge on any atom is -0.493 e. The number of benzene rings is 2. The topological polar surface area (TPSA) is 93.8 Å². The molecule has 3 aromatic rings. The number of ether oxygens (including phenoxy) is 2. The van der Waals surface area contributed by atoms with Crippen molar-refractivity contribution in [2.75, 3.05) is 11.3 Å². The van der Waals surface area contributed by atoms with Gasteiger partial charge in [0.05, 0.1) is 23.7 Å². The number of fused-ring (bicyclic) bond motifs is 1. The first-order chi connectivity index (χ1) is 17.0. The molecule has 1 atom stereocenters. The molecule has 0 amide bonds. The predicted octanol–water partition coefficient (Wildman–Crippen LogP) is 6.79. The van der Waals surface area contributed by atoms with Crippen LogP contribution in [0, 0.1) is 20.8 Å². The molecule has 4 rings (SSSR count). The third-order valence-corrected chi connectivity index (χ3v) is 6.87. The molecule has 7 nitrogen and oxygen atoms in total. The molecule has 0 saturated heterocycles. The molecule has 0 saturated carbocycles. The van der Waals surface area contributed by atoms with Crippen LogP contribution in [0.2, 0.25) is 0 Å². The van der Waals surface area contributed by atoms with Gasteiger partial charge >= 0.3 is 5.97 Å². The fourth-order valence-corrected chi connectivity index (χ4v) is 5.26. The molecule has 192 valence electrons. The quantitative estimate of drug-likeness (QED) is 0.320. The maximum absolute atomic E-state index is 12.6. The van der Waals surface area contributed by atoms with Crippen LogP contribution in [0.15, 0.2) is 34.9 Å². The zero-order chi connectivity index (χ0) is 26.0. The number of nitrogens with one attached hydrogen (secondary N) is 1. The number of nitrogens with zero attached hydrogens (tertiary/aromatic N) is 1. The number of carboxylic acids is 1. The molecule has 2 heterocycles. The molecule has 1 aliphatic rings. The summed E-state index contributed by atoms with van der Waals surface area (Å²) in [4.78, 5) is 12.6. The Labute approximate surface area is 216 Å². The van der Waals surface area contributed by atoms with Crippen LogP contribution in [-0.2, 0) is 21.7 Å². The zero-order valence-electron chi connectivity index (χ0n) is 21.7. The average molecular weight is 511 g/mol. The van der Waals surface area contributed by atoms with Crippen molar-refractivity contribution in [3.8, 4) is 16.9 Å². The Hall–Kier alpha value is -2.97. The van der Waals surface area contributed by atoms with E-state index in [1.54, 1.807) is 0 Å². The summed E-state index contributed by atoms with van der Waals surface area (Å²) >= 11 is 1.48. The number of carboxylic acid groups (broad SMARTS) is 1. The molecule has 0 bridgehead atoms. The first-order valence-electron chi connectivity index (χ1n) is 12.1. The number of aryl methyl sites for hydroxylation is 3. The summed E-state index contributed by atoms with van der Waals surface area (Å²) in [7, 11) is 0. The highest BCUT2D eigenvalue weighted by molar-refractivity contribution is 7.99. The van der Waals surface area contributed by atoms with Crippen LogP contribution >= 0.6 is 11.9 Å². The van der Waals surface area contributed by atoms with Gasteiger partial charge < -0.3 is 23.8 Å². The maximum atomic E-state index is 12.6. The highest BCUT2D eigenvalue weighted by Gasteiger charge is 2.32. The molecule has 0 radical (unpaired) electrons. The highest BCUT2D eigenvalue weighted by atomic mass is 32.2. The van der Waals surface area contributed by atoms with Crippen molar-refractivity contribution in [2.45, 2.75) is 71.8 Å². The number of aliphatic carboxylic acids is 1. The van der Waals surface area contributed by atoms with E-state index >= 15 is 0 Å². The molecule has 1 aliphatic heterocycles. The fraction of sp³-hybridized carbons (Fsp3) is 0.429.